The number of halogens is 3. The van der Waals surface area contributed by atoms with Crippen molar-refractivity contribution in [1.82, 2.24) is 0 Å². The van der Waals surface area contributed by atoms with Crippen LogP contribution in [-0.2, 0) is 59.0 Å². The predicted octanol–water partition coefficient (Wildman–Crippen LogP) is -1.31. The zero-order valence-corrected chi connectivity index (χ0v) is 31.6. The molecule has 3 aromatic carbocycles. The summed E-state index contributed by atoms with van der Waals surface area (Å²) in [5, 5.41) is 4.73. The molecule has 0 radical (unpaired) electrons. The van der Waals surface area contributed by atoms with Gasteiger partial charge in [0.2, 0.25) is 0 Å². The van der Waals surface area contributed by atoms with Crippen molar-refractivity contribution in [2.45, 2.75) is 97.3 Å². The largest absolute Gasteiger partial charge is 1.00 e. The molecular formula is C37H47Cl3SiTi. The van der Waals surface area contributed by atoms with Gasteiger partial charge in [-0.15, -0.1) is 0 Å². The molecule has 0 bridgehead atoms. The fourth-order valence-electron chi connectivity index (χ4n) is 6.71. The van der Waals surface area contributed by atoms with E-state index in [4.69, 9.17) is 0 Å². The average molecular weight is 674 g/mol. The van der Waals surface area contributed by atoms with E-state index in [1.807, 2.05) is 0 Å². The van der Waals surface area contributed by atoms with Crippen LogP contribution in [0.3, 0.4) is 0 Å². The monoisotopic (exact) mass is 672 g/mol. The van der Waals surface area contributed by atoms with Crippen molar-refractivity contribution in [3.8, 4) is 0 Å². The van der Waals surface area contributed by atoms with Gasteiger partial charge in [-0.1, -0.05) is 0 Å². The molecule has 42 heavy (non-hydrogen) atoms. The minimum atomic E-state index is -2.66. The minimum Gasteiger partial charge on any atom is -1.00 e. The molecule has 0 aromatic heterocycles. The molecule has 4 rings (SSSR count). The van der Waals surface area contributed by atoms with E-state index in [-0.39, 0.29) is 40.6 Å². The zero-order valence-electron chi connectivity index (χ0n) is 26.7. The Morgan fingerprint density at radius 2 is 0.667 bits per heavy atom. The van der Waals surface area contributed by atoms with E-state index in [2.05, 4.69) is 143 Å². The number of allylic oxidation sites excluding steroid dienone is 4. The first-order valence-electron chi connectivity index (χ1n) is 15.2. The van der Waals surface area contributed by atoms with Crippen LogP contribution in [0.2, 0.25) is 3.34 Å². The van der Waals surface area contributed by atoms with E-state index < -0.39 is 8.07 Å². The van der Waals surface area contributed by atoms with Crippen LogP contribution in [-0.4, -0.2) is 8.07 Å². The molecule has 0 saturated heterocycles. The first kappa shape index (κ1) is 39.0. The van der Waals surface area contributed by atoms with Gasteiger partial charge in [-0.25, -0.2) is 0 Å². The fourth-order valence-corrected chi connectivity index (χ4v) is 15.1. The van der Waals surface area contributed by atoms with Crippen molar-refractivity contribution in [1.29, 1.82) is 0 Å². The van der Waals surface area contributed by atoms with Gasteiger partial charge in [0.15, 0.2) is 0 Å². The summed E-state index contributed by atoms with van der Waals surface area (Å²) in [5.41, 5.74) is 11.8. The third kappa shape index (κ3) is 6.78. The van der Waals surface area contributed by atoms with Crippen molar-refractivity contribution in [2.24, 2.45) is 0 Å². The molecule has 3 aromatic rings. The van der Waals surface area contributed by atoms with Gasteiger partial charge in [-0.3, -0.25) is 0 Å². The molecule has 0 unspecified atom stereocenters. The van der Waals surface area contributed by atoms with Crippen LogP contribution in [0.15, 0.2) is 77.9 Å². The SMILES string of the molecule is CCc1cc(CC)cc([Si](c2cc(CC)cc(CC)c2)(c2cc(CC)cc(CC)c2)[C]2([Ti+3])C(C)=CC=C2C)c1.[Cl-].[Cl-].[Cl-]. The summed E-state index contributed by atoms with van der Waals surface area (Å²) in [5.74, 6) is 0. The van der Waals surface area contributed by atoms with Gasteiger partial charge in [-0.2, -0.15) is 0 Å². The first-order valence-corrected chi connectivity index (χ1v) is 18.0. The third-order valence-corrected chi connectivity index (χ3v) is 17.6. The summed E-state index contributed by atoms with van der Waals surface area (Å²) in [7, 11) is -2.66. The van der Waals surface area contributed by atoms with Crippen molar-refractivity contribution < 1.29 is 57.7 Å². The van der Waals surface area contributed by atoms with Gasteiger partial charge in [0.25, 0.3) is 0 Å². The van der Waals surface area contributed by atoms with E-state index in [9.17, 15) is 0 Å². The van der Waals surface area contributed by atoms with Crippen molar-refractivity contribution in [3.05, 3.63) is 111 Å². The van der Waals surface area contributed by atoms with E-state index in [0.29, 0.717) is 0 Å². The standard InChI is InChI=1S/C37H47Si.3ClH.Ti/c1-9-28-17-29(10-2)21-34(20-28)38(37-26(7)15-16-27(37)8,35-22-30(11-3)18-31(12-4)23-35)36-24-32(13-5)19-33(14-6)25-36;;;;/h15-25H,9-14H2,1-8H3;3*1H;/q;;;;+3/p-3. The average Bonchev–Trinajstić information content (AvgIpc) is 3.24. The maximum atomic E-state index is 2.60. The van der Waals surface area contributed by atoms with Crippen LogP contribution < -0.4 is 52.8 Å². The number of hydrogen-bond acceptors (Lipinski definition) is 0. The topological polar surface area (TPSA) is 0 Å². The maximum Gasteiger partial charge on any atom is -1.00 e. The first-order chi connectivity index (χ1) is 18.7. The van der Waals surface area contributed by atoms with Crippen molar-refractivity contribution >= 4 is 23.6 Å². The second-order valence-electron chi connectivity index (χ2n) is 11.4. The van der Waals surface area contributed by atoms with Crippen LogP contribution >= 0.6 is 0 Å². The predicted molar refractivity (Wildman–Crippen MR) is 170 cm³/mol. The molecule has 0 atom stereocenters. The molecule has 1 aliphatic carbocycles. The van der Waals surface area contributed by atoms with Gasteiger partial charge in [0.05, 0.1) is 0 Å². The molecule has 1 aliphatic rings. The van der Waals surface area contributed by atoms with Gasteiger partial charge in [0.1, 0.15) is 0 Å². The molecule has 0 heterocycles. The third-order valence-electron chi connectivity index (χ3n) is 9.24. The number of aryl methyl sites for hydroxylation is 6. The number of rotatable bonds is 10. The molecule has 0 amide bonds. The van der Waals surface area contributed by atoms with E-state index in [1.165, 1.54) is 44.5 Å². The van der Waals surface area contributed by atoms with E-state index in [0.717, 1.165) is 38.5 Å². The molecule has 0 N–H and O–H groups in total. The van der Waals surface area contributed by atoms with E-state index in [1.54, 1.807) is 15.6 Å². The molecule has 224 valence electrons. The number of benzene rings is 3. The Hall–Kier alpha value is -1.06. The Balaban J connectivity index is 0.00000294. The second kappa shape index (κ2) is 16.3. The molecule has 0 aliphatic heterocycles. The smallest absolute Gasteiger partial charge is 1.00 e. The van der Waals surface area contributed by atoms with Crippen LogP contribution in [0, 0.1) is 0 Å². The van der Waals surface area contributed by atoms with Gasteiger partial charge >= 0.3 is 253 Å². The van der Waals surface area contributed by atoms with Crippen molar-refractivity contribution in [2.75, 3.05) is 0 Å². The fraction of sp³-hybridized carbons (Fsp3) is 0.405. The Bertz CT molecular complexity index is 1200. The van der Waals surface area contributed by atoms with Gasteiger partial charge in [0, 0.05) is 0 Å². The molecule has 0 nitrogen and oxygen atoms in total. The second-order valence-corrected chi connectivity index (χ2v) is 17.4. The Morgan fingerprint density at radius 1 is 0.452 bits per heavy atom. The van der Waals surface area contributed by atoms with Crippen LogP contribution in [0.5, 0.6) is 0 Å². The molecule has 0 spiro atoms. The van der Waals surface area contributed by atoms with Crippen LogP contribution in [0.25, 0.3) is 0 Å². The maximum absolute atomic E-state index is 2.66. The summed E-state index contributed by atoms with van der Waals surface area (Å²) in [6.45, 7) is 18.7. The normalized spacial score (nSPS) is 13.9. The molecular weight excluding hydrogens is 627 g/mol. The van der Waals surface area contributed by atoms with Crippen molar-refractivity contribution in [3.63, 3.8) is 0 Å². The summed E-state index contributed by atoms with van der Waals surface area (Å²) in [4.78, 5) is 0. The quantitative estimate of drug-likeness (QED) is 0.186. The summed E-state index contributed by atoms with van der Waals surface area (Å²) in [6, 6.07) is 23.0. The molecule has 0 fully saturated rings. The van der Waals surface area contributed by atoms with Crippen LogP contribution in [0.4, 0.5) is 0 Å². The number of hydrogen-bond donors (Lipinski definition) is 0. The zero-order chi connectivity index (χ0) is 28.4. The summed E-state index contributed by atoms with van der Waals surface area (Å²) in [6.07, 6.45) is 11.2. The van der Waals surface area contributed by atoms with Gasteiger partial charge < -0.3 is 37.2 Å². The van der Waals surface area contributed by atoms with E-state index >= 15 is 0 Å². The Kier molecular flexibility index (Phi) is 15.1. The molecule has 0 saturated carbocycles. The Morgan fingerprint density at radius 3 is 0.857 bits per heavy atom. The summed E-state index contributed by atoms with van der Waals surface area (Å²) < 4.78 is -0.0564. The minimum absolute atomic E-state index is 0. The molecule has 5 heteroatoms. The Labute approximate surface area is 287 Å². The van der Waals surface area contributed by atoms with Gasteiger partial charge in [-0.05, 0) is 0 Å². The summed E-state index contributed by atoms with van der Waals surface area (Å²) >= 11 is 2.59. The van der Waals surface area contributed by atoms with Crippen LogP contribution in [0.1, 0.15) is 88.8 Å².